The van der Waals surface area contributed by atoms with Crippen molar-refractivity contribution >= 4 is 11.6 Å². The molecular weight excluding hydrogens is 238 g/mol. The van der Waals surface area contributed by atoms with E-state index in [2.05, 4.69) is 6.58 Å². The average Bonchev–Trinajstić information content (AvgIpc) is 2.84. The molecule has 3 heteroatoms. The van der Waals surface area contributed by atoms with Crippen LogP contribution >= 0.6 is 0 Å². The summed E-state index contributed by atoms with van der Waals surface area (Å²) in [4.78, 5) is 14.4. The van der Waals surface area contributed by atoms with Crippen LogP contribution in [0.15, 0.2) is 47.6 Å². The molecule has 3 rings (SSSR count). The second-order valence-corrected chi connectivity index (χ2v) is 5.24. The Bertz CT molecular complexity index is 629. The van der Waals surface area contributed by atoms with Crippen LogP contribution in [0.25, 0.3) is 0 Å². The number of para-hydroxylation sites is 1. The van der Waals surface area contributed by atoms with Crippen LogP contribution in [0.5, 0.6) is 0 Å². The zero-order valence-electron chi connectivity index (χ0n) is 11.5. The van der Waals surface area contributed by atoms with Crippen molar-refractivity contribution < 1.29 is 9.53 Å². The van der Waals surface area contributed by atoms with Crippen LogP contribution in [0.1, 0.15) is 19.4 Å². The number of likely N-dealkylation sites (N-methyl/N-ethyl adjacent to an activating group) is 1. The summed E-state index contributed by atoms with van der Waals surface area (Å²) in [6, 6.07) is 7.82. The van der Waals surface area contributed by atoms with Crippen molar-refractivity contribution in [3.63, 3.8) is 0 Å². The van der Waals surface area contributed by atoms with E-state index in [1.54, 1.807) is 11.9 Å². The van der Waals surface area contributed by atoms with Gasteiger partial charge in [0.05, 0.1) is 12.3 Å². The van der Waals surface area contributed by atoms with Gasteiger partial charge in [0.15, 0.2) is 5.60 Å². The number of carbonyl (C=O) groups is 1. The average molecular weight is 255 g/mol. The topological polar surface area (TPSA) is 29.5 Å². The molecule has 0 aliphatic carbocycles. The van der Waals surface area contributed by atoms with Crippen LogP contribution in [-0.2, 0) is 15.1 Å². The van der Waals surface area contributed by atoms with Crippen LogP contribution in [0.3, 0.4) is 0 Å². The molecule has 0 N–H and O–H groups in total. The maximum atomic E-state index is 12.7. The Morgan fingerprint density at radius 3 is 2.74 bits per heavy atom. The van der Waals surface area contributed by atoms with E-state index in [1.165, 1.54) is 0 Å². The lowest BCUT2D eigenvalue weighted by Gasteiger charge is -2.24. The van der Waals surface area contributed by atoms with Gasteiger partial charge in [-0.3, -0.25) is 4.79 Å². The molecule has 2 heterocycles. The van der Waals surface area contributed by atoms with E-state index in [4.69, 9.17) is 4.74 Å². The molecule has 0 bridgehead atoms. The van der Waals surface area contributed by atoms with Gasteiger partial charge < -0.3 is 9.64 Å². The van der Waals surface area contributed by atoms with Crippen molar-refractivity contribution in [1.82, 2.24) is 0 Å². The quantitative estimate of drug-likeness (QED) is 0.772. The van der Waals surface area contributed by atoms with Gasteiger partial charge in [-0.2, -0.15) is 0 Å². The molecule has 0 saturated heterocycles. The van der Waals surface area contributed by atoms with E-state index in [9.17, 15) is 4.79 Å². The van der Waals surface area contributed by atoms with E-state index in [0.29, 0.717) is 6.61 Å². The van der Waals surface area contributed by atoms with Gasteiger partial charge in [0.25, 0.3) is 5.91 Å². The highest BCUT2D eigenvalue weighted by molar-refractivity contribution is 6.09. The molecule has 0 fully saturated rings. The number of hydrogen-bond acceptors (Lipinski definition) is 2. The number of amides is 1. The first-order valence-electron chi connectivity index (χ1n) is 6.38. The fourth-order valence-electron chi connectivity index (χ4n) is 3.08. The third kappa shape index (κ3) is 1.33. The minimum atomic E-state index is -0.931. The fraction of sp³-hybridized carbons (Fsp3) is 0.312. The summed E-state index contributed by atoms with van der Waals surface area (Å²) in [5, 5.41) is 0. The maximum absolute atomic E-state index is 12.7. The van der Waals surface area contributed by atoms with Crippen molar-refractivity contribution in [1.29, 1.82) is 0 Å². The summed E-state index contributed by atoms with van der Waals surface area (Å²) >= 11 is 0. The molecule has 1 atom stereocenters. The maximum Gasteiger partial charge on any atom is 0.268 e. The molecule has 0 radical (unpaired) electrons. The first kappa shape index (κ1) is 12.2. The predicted octanol–water partition coefficient (Wildman–Crippen LogP) is 2.78. The van der Waals surface area contributed by atoms with Gasteiger partial charge in [0.2, 0.25) is 0 Å². The lowest BCUT2D eigenvalue weighted by molar-refractivity contribution is -0.135. The largest absolute Gasteiger partial charge is 0.351 e. The van der Waals surface area contributed by atoms with E-state index >= 15 is 0 Å². The summed E-state index contributed by atoms with van der Waals surface area (Å²) in [5.41, 5.74) is 3.93. The fourth-order valence-corrected chi connectivity index (χ4v) is 3.08. The highest BCUT2D eigenvalue weighted by Gasteiger charge is 2.55. The van der Waals surface area contributed by atoms with E-state index < -0.39 is 5.60 Å². The number of fused-ring (bicyclic) bond motifs is 2. The van der Waals surface area contributed by atoms with E-state index in [1.807, 2.05) is 38.1 Å². The SMILES string of the molecule is C=C(C)C1=C(C)C2(OC1)C(=O)N(C)c1ccccc12. The van der Waals surface area contributed by atoms with Gasteiger partial charge in [-0.05, 0) is 31.1 Å². The Labute approximate surface area is 113 Å². The van der Waals surface area contributed by atoms with Crippen LogP contribution in [0.4, 0.5) is 5.69 Å². The Morgan fingerprint density at radius 2 is 2.11 bits per heavy atom. The molecule has 2 aliphatic heterocycles. The van der Waals surface area contributed by atoms with E-state index in [0.717, 1.165) is 28.0 Å². The van der Waals surface area contributed by atoms with Gasteiger partial charge in [-0.15, -0.1) is 0 Å². The second-order valence-electron chi connectivity index (χ2n) is 5.24. The summed E-state index contributed by atoms with van der Waals surface area (Å²) in [5.74, 6) is -0.0116. The lowest BCUT2D eigenvalue weighted by Crippen LogP contribution is -2.39. The van der Waals surface area contributed by atoms with Gasteiger partial charge in [-0.25, -0.2) is 0 Å². The summed E-state index contributed by atoms with van der Waals surface area (Å²) in [6.45, 7) is 8.36. The number of nitrogens with zero attached hydrogens (tertiary/aromatic N) is 1. The number of anilines is 1. The second kappa shape index (κ2) is 3.81. The number of rotatable bonds is 1. The summed E-state index contributed by atoms with van der Waals surface area (Å²) in [7, 11) is 1.80. The summed E-state index contributed by atoms with van der Waals surface area (Å²) < 4.78 is 5.97. The van der Waals surface area contributed by atoms with Crippen LogP contribution < -0.4 is 4.90 Å². The number of ether oxygens (including phenoxy) is 1. The van der Waals surface area contributed by atoms with Crippen molar-refractivity contribution in [2.24, 2.45) is 0 Å². The van der Waals surface area contributed by atoms with Gasteiger partial charge >= 0.3 is 0 Å². The van der Waals surface area contributed by atoms with Gasteiger partial charge in [-0.1, -0.05) is 30.4 Å². The predicted molar refractivity (Wildman–Crippen MR) is 75.0 cm³/mol. The van der Waals surface area contributed by atoms with Crippen LogP contribution in [0, 0.1) is 0 Å². The zero-order chi connectivity index (χ0) is 13.8. The smallest absolute Gasteiger partial charge is 0.268 e. The van der Waals surface area contributed by atoms with Crippen LogP contribution in [0.2, 0.25) is 0 Å². The Kier molecular flexibility index (Phi) is 2.44. The van der Waals surface area contributed by atoms with Crippen molar-refractivity contribution in [3.8, 4) is 0 Å². The number of hydrogen-bond donors (Lipinski definition) is 0. The molecule has 1 amide bonds. The van der Waals surface area contributed by atoms with Crippen LogP contribution in [-0.4, -0.2) is 19.6 Å². The molecule has 2 aliphatic rings. The van der Waals surface area contributed by atoms with Gasteiger partial charge in [0, 0.05) is 12.6 Å². The molecule has 3 nitrogen and oxygen atoms in total. The first-order chi connectivity index (χ1) is 9.00. The van der Waals surface area contributed by atoms with Gasteiger partial charge in [0.1, 0.15) is 0 Å². The minimum Gasteiger partial charge on any atom is -0.351 e. The lowest BCUT2D eigenvalue weighted by atomic mass is 9.86. The molecule has 0 saturated carbocycles. The Balaban J connectivity index is 2.27. The molecule has 0 aromatic heterocycles. The molecular formula is C16H17NO2. The van der Waals surface area contributed by atoms with Crippen molar-refractivity contribution in [2.75, 3.05) is 18.6 Å². The van der Waals surface area contributed by atoms with Crippen molar-refractivity contribution in [3.05, 3.63) is 53.1 Å². The third-order valence-electron chi connectivity index (χ3n) is 4.18. The number of carbonyl (C=O) groups excluding carboxylic acids is 1. The normalized spacial score (nSPS) is 25.4. The molecule has 1 spiro atoms. The first-order valence-corrected chi connectivity index (χ1v) is 6.38. The molecule has 1 aromatic rings. The van der Waals surface area contributed by atoms with Crippen molar-refractivity contribution in [2.45, 2.75) is 19.4 Å². The highest BCUT2D eigenvalue weighted by atomic mass is 16.5. The molecule has 98 valence electrons. The standard InChI is InChI=1S/C16H17NO2/c1-10(2)12-9-19-16(11(12)3)13-7-5-6-8-14(13)17(4)15(16)18/h5-8H,1,9H2,2-4H3. The Morgan fingerprint density at radius 1 is 1.42 bits per heavy atom. The highest BCUT2D eigenvalue weighted by Crippen LogP contribution is 2.50. The zero-order valence-corrected chi connectivity index (χ0v) is 11.5. The summed E-state index contributed by atoms with van der Waals surface area (Å²) in [6.07, 6.45) is 0. The third-order valence-corrected chi connectivity index (χ3v) is 4.18. The minimum absolute atomic E-state index is 0.0116. The molecule has 1 aromatic carbocycles. The van der Waals surface area contributed by atoms with E-state index in [-0.39, 0.29) is 5.91 Å². The molecule has 19 heavy (non-hydrogen) atoms. The number of benzene rings is 1. The Hall–Kier alpha value is -1.87. The monoisotopic (exact) mass is 255 g/mol. The molecule has 1 unspecified atom stereocenters.